The topological polar surface area (TPSA) is 17.1 Å². The Bertz CT molecular complexity index is 8.00. The van der Waals surface area contributed by atoms with Crippen molar-refractivity contribution in [2.75, 3.05) is 0 Å². The first-order valence-corrected chi connectivity index (χ1v) is 0.595. The van der Waals surface area contributed by atoms with Gasteiger partial charge in [0.1, 0.15) is 0 Å². The standard InChI is InChI=1S/Fe.Li.Na.O.2H. The Morgan fingerprint density at radius 1 is 1.25 bits per heavy atom. The molecule has 1 nitrogen and oxygen atoms in total. The van der Waals surface area contributed by atoms with Crippen molar-refractivity contribution in [3.8, 4) is 0 Å². The summed E-state index contributed by atoms with van der Waals surface area (Å²) in [6.45, 7) is 0. The molecule has 0 aliphatic carbocycles. The Labute approximate surface area is 67.4 Å². The van der Waals surface area contributed by atoms with E-state index >= 15 is 0 Å². The third-order valence-corrected chi connectivity index (χ3v) is 0. The van der Waals surface area contributed by atoms with Crippen LogP contribution in [0.4, 0.5) is 0 Å². The molecule has 0 radical (unpaired) electrons. The Morgan fingerprint density at radius 3 is 1.25 bits per heavy atom. The minimum absolute atomic E-state index is 0. The number of hydrogen-bond donors (Lipinski definition) is 0. The molecule has 0 bridgehead atoms. The molecule has 0 unspecified atom stereocenters. The van der Waals surface area contributed by atoms with Crippen LogP contribution in [0.25, 0.3) is 0 Å². The van der Waals surface area contributed by atoms with Gasteiger partial charge in [-0.05, 0) is 0 Å². The second-order valence-electron chi connectivity index (χ2n) is 0. The molecule has 0 aromatic rings. The van der Waals surface area contributed by atoms with Crippen LogP contribution in [0.2, 0.25) is 0 Å². The van der Waals surface area contributed by atoms with Crippen molar-refractivity contribution in [3.63, 3.8) is 0 Å². The molecule has 0 aromatic carbocycles. The fraction of sp³-hybridized carbons (Fsp3) is 0. The summed E-state index contributed by atoms with van der Waals surface area (Å²) < 4.78 is 8.00. The summed E-state index contributed by atoms with van der Waals surface area (Å²) in [7, 11) is 0. The van der Waals surface area contributed by atoms with Gasteiger partial charge in [-0.3, -0.25) is 0 Å². The van der Waals surface area contributed by atoms with E-state index in [0.29, 0.717) is 0 Å². The van der Waals surface area contributed by atoms with Crippen molar-refractivity contribution in [1.82, 2.24) is 0 Å². The average Bonchev–Trinajstić information content (AvgIpc) is 1.00. The molecule has 0 fully saturated rings. The summed E-state index contributed by atoms with van der Waals surface area (Å²) >= 11 is 2.00. The fourth-order valence-electron chi connectivity index (χ4n) is 0. The molecule has 0 rings (SSSR count). The van der Waals surface area contributed by atoms with Crippen LogP contribution in [0.15, 0.2) is 0 Å². The average molecular weight is 104 g/mol. The van der Waals surface area contributed by atoms with E-state index in [1.807, 2.05) is 15.9 Å². The zero-order chi connectivity index (χ0) is 2.00. The SMILES string of the molecule is [LiH].[NaH].[O]=[Fe]. The summed E-state index contributed by atoms with van der Waals surface area (Å²) in [5.41, 5.74) is 0. The van der Waals surface area contributed by atoms with E-state index in [9.17, 15) is 0 Å². The monoisotopic (exact) mass is 104 g/mol. The van der Waals surface area contributed by atoms with Crippen LogP contribution in [-0.2, 0) is 19.8 Å². The van der Waals surface area contributed by atoms with Crippen LogP contribution in [0.3, 0.4) is 0 Å². The summed E-state index contributed by atoms with van der Waals surface area (Å²) in [6.07, 6.45) is 0. The molecule has 0 saturated carbocycles. The van der Waals surface area contributed by atoms with Gasteiger partial charge >= 0.3 is 68.2 Å². The zero-order valence-corrected chi connectivity index (χ0v) is 1.87. The van der Waals surface area contributed by atoms with Crippen molar-refractivity contribution in [2.24, 2.45) is 0 Å². The van der Waals surface area contributed by atoms with Crippen molar-refractivity contribution >= 4 is 48.4 Å². The summed E-state index contributed by atoms with van der Waals surface area (Å²) in [6, 6.07) is 0. The van der Waals surface area contributed by atoms with E-state index in [-0.39, 0.29) is 48.4 Å². The number of rotatable bonds is 0. The quantitative estimate of drug-likeness (QED) is 0.344. The van der Waals surface area contributed by atoms with Crippen molar-refractivity contribution < 1.29 is 19.8 Å². The molecule has 0 N–H and O–H groups in total. The maximum atomic E-state index is 8.00. The van der Waals surface area contributed by atoms with E-state index < -0.39 is 0 Å². The molecule has 18 valence electrons. The summed E-state index contributed by atoms with van der Waals surface area (Å²) in [5.74, 6) is 0. The van der Waals surface area contributed by atoms with Crippen LogP contribution >= 0.6 is 0 Å². The third-order valence-electron chi connectivity index (χ3n) is 0. The summed E-state index contributed by atoms with van der Waals surface area (Å²) in [4.78, 5) is 0. The fourth-order valence-corrected chi connectivity index (χ4v) is 0. The first-order valence-electron chi connectivity index (χ1n) is 0.144. The predicted molar refractivity (Wildman–Crippen MR) is 15.0 cm³/mol. The molecule has 4 heteroatoms. The van der Waals surface area contributed by atoms with Crippen LogP contribution < -0.4 is 0 Å². The van der Waals surface area contributed by atoms with E-state index in [0.717, 1.165) is 0 Å². The molecule has 0 spiro atoms. The molecule has 0 atom stereocenters. The van der Waals surface area contributed by atoms with Gasteiger partial charge < -0.3 is 0 Å². The Morgan fingerprint density at radius 2 is 1.25 bits per heavy atom. The first-order chi connectivity index (χ1) is 1.00. The van der Waals surface area contributed by atoms with E-state index in [4.69, 9.17) is 3.83 Å². The molecular weight excluding hydrogens is 102 g/mol. The van der Waals surface area contributed by atoms with E-state index in [1.54, 1.807) is 0 Å². The third kappa shape index (κ3) is 9.07. The van der Waals surface area contributed by atoms with Gasteiger partial charge in [-0.25, -0.2) is 0 Å². The molecule has 0 aliphatic heterocycles. The Kier molecular flexibility index (Phi) is 86.3. The van der Waals surface area contributed by atoms with Crippen molar-refractivity contribution in [3.05, 3.63) is 0 Å². The number of hydrogen-bond acceptors (Lipinski definition) is 1. The normalized spacial score (nSPS) is 1.25. The molecular formula is H2FeLiNaO. The minimum atomic E-state index is 0. The van der Waals surface area contributed by atoms with Crippen LogP contribution in [-0.4, -0.2) is 48.4 Å². The maximum absolute atomic E-state index is 8.00. The van der Waals surface area contributed by atoms with Crippen LogP contribution in [0.1, 0.15) is 0 Å². The van der Waals surface area contributed by atoms with Crippen LogP contribution in [0, 0.1) is 0 Å². The molecule has 0 aliphatic rings. The molecule has 0 saturated heterocycles. The van der Waals surface area contributed by atoms with Crippen molar-refractivity contribution in [2.45, 2.75) is 0 Å². The van der Waals surface area contributed by atoms with Gasteiger partial charge in [0.15, 0.2) is 0 Å². The molecule has 0 aromatic heterocycles. The summed E-state index contributed by atoms with van der Waals surface area (Å²) in [5, 5.41) is 0. The van der Waals surface area contributed by atoms with E-state index in [1.165, 1.54) is 0 Å². The van der Waals surface area contributed by atoms with E-state index in [2.05, 4.69) is 0 Å². The zero-order valence-electron chi connectivity index (χ0n) is 0.762. The van der Waals surface area contributed by atoms with Gasteiger partial charge in [0.25, 0.3) is 0 Å². The molecule has 0 amide bonds. The van der Waals surface area contributed by atoms with Gasteiger partial charge in [-0.2, -0.15) is 0 Å². The second kappa shape index (κ2) is 20.5. The van der Waals surface area contributed by atoms with Gasteiger partial charge in [0.2, 0.25) is 0 Å². The predicted octanol–water partition coefficient (Wildman–Crippen LogP) is -1.42. The van der Waals surface area contributed by atoms with Crippen LogP contribution in [0.5, 0.6) is 0 Å². The van der Waals surface area contributed by atoms with Crippen molar-refractivity contribution in [1.29, 1.82) is 0 Å². The van der Waals surface area contributed by atoms with Gasteiger partial charge in [-0.1, -0.05) is 0 Å². The Hall–Kier alpha value is 1.92. The van der Waals surface area contributed by atoms with Gasteiger partial charge in [0, 0.05) is 0 Å². The first kappa shape index (κ1) is 16.8. The van der Waals surface area contributed by atoms with Gasteiger partial charge in [0.05, 0.1) is 0 Å². The van der Waals surface area contributed by atoms with Gasteiger partial charge in [-0.15, -0.1) is 0 Å². The second-order valence-corrected chi connectivity index (χ2v) is 0. The Balaban J connectivity index is -0.00000000500. The molecule has 0 heterocycles. The molecule has 4 heavy (non-hydrogen) atoms.